The van der Waals surface area contributed by atoms with Crippen LogP contribution in [0, 0.1) is 5.82 Å². The van der Waals surface area contributed by atoms with Crippen LogP contribution in [0.15, 0.2) is 22.7 Å². The SMILES string of the molecule is CCC(CCCc1cc(F)ccc1Br)NC. The largest absolute Gasteiger partial charge is 0.317 e. The fraction of sp³-hybridized carbons (Fsp3) is 0.538. The van der Waals surface area contributed by atoms with E-state index in [-0.39, 0.29) is 5.82 Å². The van der Waals surface area contributed by atoms with E-state index in [1.54, 1.807) is 12.1 Å². The summed E-state index contributed by atoms with van der Waals surface area (Å²) in [6.07, 6.45) is 4.29. The Morgan fingerprint density at radius 2 is 2.19 bits per heavy atom. The summed E-state index contributed by atoms with van der Waals surface area (Å²) in [5, 5.41) is 3.28. The number of hydrogen-bond acceptors (Lipinski definition) is 1. The maximum absolute atomic E-state index is 13.0. The molecule has 1 N–H and O–H groups in total. The molecule has 0 amide bonds. The molecule has 1 aromatic carbocycles. The van der Waals surface area contributed by atoms with E-state index in [2.05, 4.69) is 28.2 Å². The average Bonchev–Trinajstić information content (AvgIpc) is 2.29. The summed E-state index contributed by atoms with van der Waals surface area (Å²) < 4.78 is 14.0. The van der Waals surface area contributed by atoms with E-state index in [4.69, 9.17) is 0 Å². The third kappa shape index (κ3) is 4.22. The van der Waals surface area contributed by atoms with Crippen LogP contribution in [0.5, 0.6) is 0 Å². The summed E-state index contributed by atoms with van der Waals surface area (Å²) in [4.78, 5) is 0. The van der Waals surface area contributed by atoms with Crippen LogP contribution < -0.4 is 5.32 Å². The molecule has 16 heavy (non-hydrogen) atoms. The highest BCUT2D eigenvalue weighted by molar-refractivity contribution is 9.10. The zero-order chi connectivity index (χ0) is 12.0. The van der Waals surface area contributed by atoms with Gasteiger partial charge in [-0.2, -0.15) is 0 Å². The molecule has 1 aromatic rings. The molecule has 1 nitrogen and oxygen atoms in total. The highest BCUT2D eigenvalue weighted by Gasteiger charge is 2.05. The van der Waals surface area contributed by atoms with Crippen molar-refractivity contribution in [2.45, 2.75) is 38.6 Å². The first-order valence-corrected chi connectivity index (χ1v) is 6.57. The molecule has 0 aromatic heterocycles. The third-order valence-electron chi connectivity index (χ3n) is 2.91. The third-order valence-corrected chi connectivity index (χ3v) is 3.68. The maximum atomic E-state index is 13.0. The second-order valence-corrected chi connectivity index (χ2v) is 4.88. The Hall–Kier alpha value is -0.410. The van der Waals surface area contributed by atoms with Gasteiger partial charge in [0.05, 0.1) is 0 Å². The molecule has 90 valence electrons. The molecule has 0 aliphatic rings. The van der Waals surface area contributed by atoms with Crippen molar-refractivity contribution in [3.63, 3.8) is 0 Å². The molecule has 0 saturated carbocycles. The minimum Gasteiger partial charge on any atom is -0.317 e. The lowest BCUT2D eigenvalue weighted by molar-refractivity contribution is 0.491. The Morgan fingerprint density at radius 3 is 2.81 bits per heavy atom. The smallest absolute Gasteiger partial charge is 0.123 e. The monoisotopic (exact) mass is 287 g/mol. The van der Waals surface area contributed by atoms with E-state index < -0.39 is 0 Å². The summed E-state index contributed by atoms with van der Waals surface area (Å²) in [5.74, 6) is -0.154. The van der Waals surface area contributed by atoms with Gasteiger partial charge in [-0.3, -0.25) is 0 Å². The molecule has 3 heteroatoms. The lowest BCUT2D eigenvalue weighted by atomic mass is 10.0. The standard InChI is InChI=1S/C13H19BrFN/c1-3-12(16-2)6-4-5-10-9-11(15)7-8-13(10)14/h7-9,12,16H,3-6H2,1-2H3. The van der Waals surface area contributed by atoms with Crippen molar-refractivity contribution in [1.29, 1.82) is 0 Å². The first-order valence-electron chi connectivity index (χ1n) is 5.78. The van der Waals surface area contributed by atoms with Crippen LogP contribution >= 0.6 is 15.9 Å². The molecule has 1 rings (SSSR count). The van der Waals surface area contributed by atoms with Crippen molar-refractivity contribution >= 4 is 15.9 Å². The Kier molecular flexibility index (Phi) is 5.99. The normalized spacial score (nSPS) is 12.8. The molecule has 0 radical (unpaired) electrons. The Morgan fingerprint density at radius 1 is 1.44 bits per heavy atom. The zero-order valence-corrected chi connectivity index (χ0v) is 11.5. The van der Waals surface area contributed by atoms with Gasteiger partial charge in [-0.15, -0.1) is 0 Å². The molecule has 0 bridgehead atoms. The van der Waals surface area contributed by atoms with Crippen molar-refractivity contribution in [3.8, 4) is 0 Å². The van der Waals surface area contributed by atoms with Gasteiger partial charge < -0.3 is 5.32 Å². The Balaban J connectivity index is 2.45. The minimum absolute atomic E-state index is 0.154. The maximum Gasteiger partial charge on any atom is 0.123 e. The van der Waals surface area contributed by atoms with Crippen LogP contribution in [0.4, 0.5) is 4.39 Å². The van der Waals surface area contributed by atoms with Crippen molar-refractivity contribution in [2.75, 3.05) is 7.05 Å². The molecule has 0 heterocycles. The predicted octanol–water partition coefficient (Wildman–Crippen LogP) is 3.91. The fourth-order valence-corrected chi connectivity index (χ4v) is 2.27. The first-order chi connectivity index (χ1) is 7.67. The van der Waals surface area contributed by atoms with Gasteiger partial charge >= 0.3 is 0 Å². The predicted molar refractivity (Wildman–Crippen MR) is 70.2 cm³/mol. The van der Waals surface area contributed by atoms with Crippen LogP contribution in [0.25, 0.3) is 0 Å². The van der Waals surface area contributed by atoms with E-state index in [1.807, 2.05) is 7.05 Å². The quantitative estimate of drug-likeness (QED) is 0.837. The topological polar surface area (TPSA) is 12.0 Å². The number of nitrogens with one attached hydrogen (secondary N) is 1. The van der Waals surface area contributed by atoms with Gasteiger partial charge in [0.25, 0.3) is 0 Å². The van der Waals surface area contributed by atoms with Crippen LogP contribution in [-0.2, 0) is 6.42 Å². The van der Waals surface area contributed by atoms with E-state index in [9.17, 15) is 4.39 Å². The molecule has 0 aliphatic carbocycles. The number of rotatable bonds is 6. The Labute approximate surface area is 106 Å². The van der Waals surface area contributed by atoms with E-state index in [1.165, 1.54) is 6.07 Å². The first kappa shape index (κ1) is 13.7. The van der Waals surface area contributed by atoms with Crippen molar-refractivity contribution < 1.29 is 4.39 Å². The van der Waals surface area contributed by atoms with E-state index >= 15 is 0 Å². The summed E-state index contributed by atoms with van der Waals surface area (Å²) in [5.41, 5.74) is 1.06. The van der Waals surface area contributed by atoms with Crippen molar-refractivity contribution in [2.24, 2.45) is 0 Å². The van der Waals surface area contributed by atoms with Crippen molar-refractivity contribution in [3.05, 3.63) is 34.1 Å². The molecular weight excluding hydrogens is 269 g/mol. The number of benzene rings is 1. The van der Waals surface area contributed by atoms with Gasteiger partial charge in [-0.1, -0.05) is 22.9 Å². The molecule has 1 unspecified atom stereocenters. The summed E-state index contributed by atoms with van der Waals surface area (Å²) >= 11 is 3.45. The molecule has 0 spiro atoms. The van der Waals surface area contributed by atoms with Crippen molar-refractivity contribution in [1.82, 2.24) is 5.32 Å². The molecule has 0 fully saturated rings. The molecule has 1 atom stereocenters. The van der Waals surface area contributed by atoms with Gasteiger partial charge in [-0.25, -0.2) is 4.39 Å². The zero-order valence-electron chi connectivity index (χ0n) is 9.89. The minimum atomic E-state index is -0.154. The summed E-state index contributed by atoms with van der Waals surface area (Å²) in [6.45, 7) is 2.18. The average molecular weight is 288 g/mol. The van der Waals surface area contributed by atoms with Crippen LogP contribution in [-0.4, -0.2) is 13.1 Å². The number of aryl methyl sites for hydroxylation is 1. The van der Waals surface area contributed by atoms with Crippen LogP contribution in [0.3, 0.4) is 0 Å². The molecule has 0 saturated heterocycles. The second-order valence-electron chi connectivity index (χ2n) is 4.02. The van der Waals surface area contributed by atoms with Gasteiger partial charge in [0.2, 0.25) is 0 Å². The van der Waals surface area contributed by atoms with E-state index in [0.717, 1.165) is 35.7 Å². The lowest BCUT2D eigenvalue weighted by Crippen LogP contribution is -2.23. The fourth-order valence-electron chi connectivity index (χ4n) is 1.83. The molecule has 0 aliphatic heterocycles. The lowest BCUT2D eigenvalue weighted by Gasteiger charge is -2.13. The second kappa shape index (κ2) is 7.02. The highest BCUT2D eigenvalue weighted by atomic mass is 79.9. The van der Waals surface area contributed by atoms with Gasteiger partial charge in [0, 0.05) is 10.5 Å². The number of halogens is 2. The highest BCUT2D eigenvalue weighted by Crippen LogP contribution is 2.20. The summed E-state index contributed by atoms with van der Waals surface area (Å²) in [7, 11) is 1.99. The van der Waals surface area contributed by atoms with Crippen LogP contribution in [0.1, 0.15) is 31.7 Å². The summed E-state index contributed by atoms with van der Waals surface area (Å²) in [6, 6.07) is 5.45. The Bertz CT molecular complexity index is 324. The van der Waals surface area contributed by atoms with Gasteiger partial charge in [0.15, 0.2) is 0 Å². The van der Waals surface area contributed by atoms with Gasteiger partial charge in [0.1, 0.15) is 5.82 Å². The van der Waals surface area contributed by atoms with Gasteiger partial charge in [-0.05, 0) is 56.5 Å². The number of hydrogen-bond donors (Lipinski definition) is 1. The van der Waals surface area contributed by atoms with Crippen LogP contribution in [0.2, 0.25) is 0 Å². The molecular formula is C13H19BrFN. The van der Waals surface area contributed by atoms with E-state index in [0.29, 0.717) is 6.04 Å².